The molecule has 0 aliphatic carbocycles. The van der Waals surface area contributed by atoms with Crippen LogP contribution >= 0.6 is 11.6 Å². The summed E-state index contributed by atoms with van der Waals surface area (Å²) in [6, 6.07) is 0. The SMILES string of the molecule is C#CC1=CN(C)[C-]=C(Cl)C1=C.[Y]. The van der Waals surface area contributed by atoms with Gasteiger partial charge < -0.3 is 4.90 Å². The third-order valence-corrected chi connectivity index (χ3v) is 1.66. The third-order valence-electron chi connectivity index (χ3n) is 1.34. The van der Waals surface area contributed by atoms with Gasteiger partial charge in [0.05, 0.1) is 0 Å². The van der Waals surface area contributed by atoms with Crippen LogP contribution in [0.15, 0.2) is 29.0 Å². The summed E-state index contributed by atoms with van der Waals surface area (Å²) in [4.78, 5) is 1.69. The standard InChI is InChI=1S/C9H7ClN.Y/c1-4-8-5-11(3)6-9(10)7(8)2;/h1,5H,2H2,3H3;/q-1;. The van der Waals surface area contributed by atoms with Gasteiger partial charge in [-0.15, -0.1) is 30.2 Å². The van der Waals surface area contributed by atoms with Crippen LogP contribution < -0.4 is 0 Å². The van der Waals surface area contributed by atoms with E-state index in [1.54, 1.807) is 11.1 Å². The van der Waals surface area contributed by atoms with Crippen LogP contribution in [0.3, 0.4) is 0 Å². The Morgan fingerprint density at radius 1 is 1.75 bits per heavy atom. The summed E-state index contributed by atoms with van der Waals surface area (Å²) in [6.45, 7) is 3.71. The number of nitrogens with zero attached hydrogens (tertiary/aromatic N) is 1. The molecule has 0 saturated carbocycles. The van der Waals surface area contributed by atoms with Crippen LogP contribution in [0.1, 0.15) is 0 Å². The average Bonchev–Trinajstić information content (AvgIpc) is 1.96. The van der Waals surface area contributed by atoms with Gasteiger partial charge in [-0.25, -0.2) is 0 Å². The molecule has 0 saturated heterocycles. The molecule has 0 amide bonds. The second-order valence-electron chi connectivity index (χ2n) is 2.20. The van der Waals surface area contributed by atoms with E-state index in [4.69, 9.17) is 18.0 Å². The maximum Gasteiger partial charge on any atom is 0 e. The molecule has 3 heteroatoms. The van der Waals surface area contributed by atoms with Crippen molar-refractivity contribution in [3.63, 3.8) is 0 Å². The summed E-state index contributed by atoms with van der Waals surface area (Å²) in [6.07, 6.45) is 9.81. The van der Waals surface area contributed by atoms with Crippen LogP contribution in [0.2, 0.25) is 0 Å². The Morgan fingerprint density at radius 2 is 2.33 bits per heavy atom. The van der Waals surface area contributed by atoms with E-state index in [1.807, 2.05) is 7.05 Å². The van der Waals surface area contributed by atoms with Gasteiger partial charge in [0, 0.05) is 32.7 Å². The fraction of sp³-hybridized carbons (Fsp3) is 0.111. The summed E-state index contributed by atoms with van der Waals surface area (Å²) < 4.78 is 0. The predicted octanol–water partition coefficient (Wildman–Crippen LogP) is 1.89. The third kappa shape index (κ3) is 2.49. The molecule has 0 aromatic heterocycles. The first-order valence-corrected chi connectivity index (χ1v) is 3.43. The number of rotatable bonds is 0. The molecule has 0 N–H and O–H groups in total. The number of halogens is 1. The monoisotopic (exact) mass is 253 g/mol. The molecule has 0 bridgehead atoms. The van der Waals surface area contributed by atoms with Crippen molar-refractivity contribution in [1.82, 2.24) is 4.90 Å². The zero-order chi connectivity index (χ0) is 8.43. The van der Waals surface area contributed by atoms with E-state index in [9.17, 15) is 0 Å². The average molecular weight is 254 g/mol. The van der Waals surface area contributed by atoms with Crippen molar-refractivity contribution in [1.29, 1.82) is 0 Å². The van der Waals surface area contributed by atoms with Crippen molar-refractivity contribution in [2.45, 2.75) is 0 Å². The Bertz CT molecular complexity index is 296. The molecule has 1 aliphatic rings. The molecule has 1 radical (unpaired) electrons. The topological polar surface area (TPSA) is 3.24 Å². The minimum absolute atomic E-state index is 0. The Kier molecular flexibility index (Phi) is 4.86. The molecule has 0 spiro atoms. The number of terminal acetylenes is 1. The van der Waals surface area contributed by atoms with Crippen molar-refractivity contribution in [3.8, 4) is 12.3 Å². The first kappa shape index (κ1) is 12.0. The summed E-state index contributed by atoms with van der Waals surface area (Å²) in [7, 11) is 1.81. The van der Waals surface area contributed by atoms with E-state index in [1.165, 1.54) is 0 Å². The summed E-state index contributed by atoms with van der Waals surface area (Å²) >= 11 is 5.76. The predicted molar refractivity (Wildman–Crippen MR) is 46.4 cm³/mol. The molecule has 1 aliphatic heterocycles. The summed E-state index contributed by atoms with van der Waals surface area (Å²) in [5.74, 6) is 2.49. The van der Waals surface area contributed by atoms with Crippen LogP contribution in [-0.4, -0.2) is 11.9 Å². The largest absolute Gasteiger partial charge is 0.461 e. The van der Waals surface area contributed by atoms with Crippen LogP contribution in [0.4, 0.5) is 0 Å². The van der Waals surface area contributed by atoms with Crippen molar-refractivity contribution in [2.75, 3.05) is 7.05 Å². The summed E-state index contributed by atoms with van der Waals surface area (Å²) in [5.41, 5.74) is 1.36. The van der Waals surface area contributed by atoms with Gasteiger partial charge in [-0.1, -0.05) is 23.9 Å². The normalized spacial score (nSPS) is 15.8. The molecule has 0 fully saturated rings. The van der Waals surface area contributed by atoms with Gasteiger partial charge in [0.1, 0.15) is 0 Å². The Labute approximate surface area is 103 Å². The van der Waals surface area contributed by atoms with Crippen LogP contribution in [0.5, 0.6) is 0 Å². The zero-order valence-electron chi connectivity index (χ0n) is 6.76. The van der Waals surface area contributed by atoms with Crippen molar-refractivity contribution >= 4 is 11.6 Å². The molecule has 1 heterocycles. The minimum atomic E-state index is 0. The van der Waals surface area contributed by atoms with Crippen LogP contribution in [0.25, 0.3) is 0 Å². The first-order chi connectivity index (χ1) is 5.15. The molecule has 0 atom stereocenters. The molecule has 0 aromatic carbocycles. The van der Waals surface area contributed by atoms with E-state index >= 15 is 0 Å². The van der Waals surface area contributed by atoms with E-state index < -0.39 is 0 Å². The second kappa shape index (κ2) is 4.87. The van der Waals surface area contributed by atoms with Crippen LogP contribution in [0, 0.1) is 18.5 Å². The smallest absolute Gasteiger partial charge is 0 e. The maximum absolute atomic E-state index is 5.76. The molecule has 1 nitrogen and oxygen atoms in total. The van der Waals surface area contributed by atoms with E-state index in [0.717, 1.165) is 0 Å². The van der Waals surface area contributed by atoms with Gasteiger partial charge in [0.2, 0.25) is 0 Å². The number of allylic oxidation sites excluding steroid dienone is 3. The van der Waals surface area contributed by atoms with Crippen molar-refractivity contribution in [3.05, 3.63) is 35.2 Å². The van der Waals surface area contributed by atoms with Gasteiger partial charge in [0.15, 0.2) is 0 Å². The maximum atomic E-state index is 5.76. The Hall–Kier alpha value is -0.0261. The van der Waals surface area contributed by atoms with E-state index in [-0.39, 0.29) is 32.7 Å². The van der Waals surface area contributed by atoms with Gasteiger partial charge in [-0.05, 0) is 12.1 Å². The molecular weight excluding hydrogens is 246 g/mol. The molecule has 0 aromatic rings. The van der Waals surface area contributed by atoms with E-state index in [2.05, 4.69) is 18.7 Å². The Balaban J connectivity index is 0.00000121. The second-order valence-corrected chi connectivity index (χ2v) is 2.58. The molecule has 0 unspecified atom stereocenters. The first-order valence-electron chi connectivity index (χ1n) is 3.05. The quantitative estimate of drug-likeness (QED) is 0.471. The molecule has 59 valence electrons. The van der Waals surface area contributed by atoms with Gasteiger partial charge in [0.25, 0.3) is 0 Å². The van der Waals surface area contributed by atoms with Gasteiger partial charge >= 0.3 is 0 Å². The zero-order valence-corrected chi connectivity index (χ0v) is 10.4. The van der Waals surface area contributed by atoms with Crippen LogP contribution in [-0.2, 0) is 32.7 Å². The summed E-state index contributed by atoms with van der Waals surface area (Å²) in [5, 5.41) is 0.475. The fourth-order valence-corrected chi connectivity index (χ4v) is 1.00. The van der Waals surface area contributed by atoms with Crippen molar-refractivity contribution in [2.24, 2.45) is 0 Å². The number of hydrogen-bond donors (Lipinski definition) is 0. The molecule has 1 rings (SSSR count). The minimum Gasteiger partial charge on any atom is -0.461 e. The molecule has 12 heavy (non-hydrogen) atoms. The molecular formula is C9H7ClNY-. The van der Waals surface area contributed by atoms with Crippen molar-refractivity contribution < 1.29 is 32.7 Å². The van der Waals surface area contributed by atoms with E-state index in [0.29, 0.717) is 16.2 Å². The van der Waals surface area contributed by atoms with Gasteiger partial charge in [-0.2, -0.15) is 0 Å². The number of hydrogen-bond acceptors (Lipinski definition) is 1. The Morgan fingerprint density at radius 3 is 2.83 bits per heavy atom. The van der Waals surface area contributed by atoms with Gasteiger partial charge in [-0.3, -0.25) is 0 Å². The fourth-order valence-electron chi connectivity index (χ4n) is 0.769.